The number of likely N-dealkylation sites (tertiary alicyclic amines) is 1. The molecule has 0 bridgehead atoms. The number of para-hydroxylation sites is 1. The van der Waals surface area contributed by atoms with Crippen molar-refractivity contribution in [1.82, 2.24) is 14.9 Å². The molecule has 1 aromatic carbocycles. The number of hydrogen-bond donors (Lipinski definition) is 0. The fraction of sp³-hybridized carbons (Fsp3) is 0.458. The van der Waals surface area contributed by atoms with Gasteiger partial charge in [0.05, 0.1) is 10.4 Å². The third-order valence-electron chi connectivity index (χ3n) is 6.39. The Morgan fingerprint density at radius 3 is 2.40 bits per heavy atom. The van der Waals surface area contributed by atoms with E-state index >= 15 is 0 Å². The molecule has 5 rings (SSSR count). The normalized spacial score (nSPS) is 18.5. The van der Waals surface area contributed by atoms with Crippen LogP contribution in [0.4, 0.5) is 5.82 Å². The zero-order valence-electron chi connectivity index (χ0n) is 17.3. The number of nitrogens with zero attached hydrogens (tertiary/aromatic N) is 4. The molecule has 0 atom stereocenters. The average Bonchev–Trinajstić information content (AvgIpc) is 3.21. The summed E-state index contributed by atoms with van der Waals surface area (Å²) in [6.45, 7) is 3.63. The van der Waals surface area contributed by atoms with Crippen molar-refractivity contribution in [2.45, 2.75) is 38.5 Å². The molecule has 30 heavy (non-hydrogen) atoms. The van der Waals surface area contributed by atoms with Crippen LogP contribution in [0.2, 0.25) is 0 Å². The van der Waals surface area contributed by atoms with E-state index in [1.54, 1.807) is 11.3 Å². The number of rotatable bonds is 3. The van der Waals surface area contributed by atoms with Gasteiger partial charge in [0.1, 0.15) is 5.82 Å². The minimum atomic E-state index is 0.157. The van der Waals surface area contributed by atoms with E-state index in [4.69, 9.17) is 9.97 Å². The lowest BCUT2D eigenvalue weighted by atomic mass is 9.95. The van der Waals surface area contributed by atoms with E-state index in [2.05, 4.69) is 39.4 Å². The van der Waals surface area contributed by atoms with Gasteiger partial charge in [0.25, 0.3) is 0 Å². The van der Waals surface area contributed by atoms with E-state index in [0.717, 1.165) is 79.3 Å². The Bertz CT molecular complexity index is 1000. The molecule has 6 heteroatoms. The fourth-order valence-corrected chi connectivity index (χ4v) is 5.36. The summed E-state index contributed by atoms with van der Waals surface area (Å²) in [5, 5.41) is 3.16. The molecule has 0 radical (unpaired) electrons. The highest BCUT2D eigenvalue weighted by atomic mass is 32.1. The highest BCUT2D eigenvalue weighted by molar-refractivity contribution is 7.13. The molecular formula is C24H28N4OS. The third-order valence-corrected chi connectivity index (χ3v) is 7.25. The maximum absolute atomic E-state index is 13.1. The van der Waals surface area contributed by atoms with Crippen LogP contribution in [-0.2, 0) is 4.79 Å². The molecule has 2 fully saturated rings. The number of amides is 1. The van der Waals surface area contributed by atoms with Gasteiger partial charge in [-0.05, 0) is 49.3 Å². The molecule has 0 spiro atoms. The maximum Gasteiger partial charge on any atom is 0.225 e. The standard InChI is InChI=1S/C24H28N4OS/c29-24(28-13-5-1-2-6-14-28)18-11-15-27(16-12-18)23-19-8-3-4-9-20(19)25-22(26-23)21-10-7-17-30-21/h3-4,7-10,17-18H,1-2,5-6,11-16H2. The van der Waals surface area contributed by atoms with E-state index in [0.29, 0.717) is 5.91 Å². The Morgan fingerprint density at radius 2 is 1.67 bits per heavy atom. The van der Waals surface area contributed by atoms with Crippen LogP contribution < -0.4 is 4.90 Å². The molecule has 0 N–H and O–H groups in total. The summed E-state index contributed by atoms with van der Waals surface area (Å²) in [5.74, 6) is 2.33. The molecular weight excluding hydrogens is 392 g/mol. The molecule has 0 saturated carbocycles. The molecule has 2 aliphatic heterocycles. The Hall–Kier alpha value is -2.47. The van der Waals surface area contributed by atoms with Crippen LogP contribution >= 0.6 is 11.3 Å². The number of thiophene rings is 1. The van der Waals surface area contributed by atoms with Gasteiger partial charge in [-0.25, -0.2) is 9.97 Å². The van der Waals surface area contributed by atoms with Crippen molar-refractivity contribution in [3.63, 3.8) is 0 Å². The lowest BCUT2D eigenvalue weighted by Crippen LogP contribution is -2.43. The number of piperidine rings is 1. The Labute approximate surface area is 181 Å². The molecule has 4 heterocycles. The first-order valence-corrected chi connectivity index (χ1v) is 12.0. The van der Waals surface area contributed by atoms with Gasteiger partial charge in [-0.1, -0.05) is 31.0 Å². The van der Waals surface area contributed by atoms with Crippen LogP contribution in [0.25, 0.3) is 21.6 Å². The molecule has 3 aromatic rings. The Morgan fingerprint density at radius 1 is 0.900 bits per heavy atom. The second-order valence-corrected chi connectivity index (χ2v) is 9.31. The number of carbonyl (C=O) groups is 1. The van der Waals surface area contributed by atoms with Crippen LogP contribution in [0, 0.1) is 5.92 Å². The second-order valence-electron chi connectivity index (χ2n) is 8.37. The van der Waals surface area contributed by atoms with E-state index < -0.39 is 0 Å². The molecule has 2 aromatic heterocycles. The van der Waals surface area contributed by atoms with Gasteiger partial charge in [0.15, 0.2) is 5.82 Å². The minimum absolute atomic E-state index is 0.157. The molecule has 2 aliphatic rings. The predicted molar refractivity (Wildman–Crippen MR) is 123 cm³/mol. The predicted octanol–water partition coefficient (Wildman–Crippen LogP) is 4.98. The number of anilines is 1. The van der Waals surface area contributed by atoms with Gasteiger partial charge in [-0.15, -0.1) is 11.3 Å². The van der Waals surface area contributed by atoms with Crippen molar-refractivity contribution in [2.24, 2.45) is 5.92 Å². The van der Waals surface area contributed by atoms with Crippen molar-refractivity contribution in [1.29, 1.82) is 0 Å². The SMILES string of the molecule is O=C(C1CCN(c2nc(-c3cccs3)nc3ccccc23)CC1)N1CCCCCC1. The zero-order chi connectivity index (χ0) is 20.3. The average molecular weight is 421 g/mol. The Balaban J connectivity index is 1.36. The number of aromatic nitrogens is 2. The summed E-state index contributed by atoms with van der Waals surface area (Å²) in [5.41, 5.74) is 0.980. The van der Waals surface area contributed by atoms with E-state index in [9.17, 15) is 4.79 Å². The maximum atomic E-state index is 13.1. The largest absolute Gasteiger partial charge is 0.356 e. The smallest absolute Gasteiger partial charge is 0.225 e. The van der Waals surface area contributed by atoms with Crippen LogP contribution in [0.15, 0.2) is 41.8 Å². The van der Waals surface area contributed by atoms with Crippen LogP contribution in [-0.4, -0.2) is 47.0 Å². The van der Waals surface area contributed by atoms with Crippen LogP contribution in [0.3, 0.4) is 0 Å². The third kappa shape index (κ3) is 3.93. The number of fused-ring (bicyclic) bond motifs is 1. The first kappa shape index (κ1) is 19.5. The topological polar surface area (TPSA) is 49.3 Å². The van der Waals surface area contributed by atoms with E-state index in [1.807, 2.05) is 12.1 Å². The van der Waals surface area contributed by atoms with Gasteiger partial charge in [0.2, 0.25) is 5.91 Å². The van der Waals surface area contributed by atoms with E-state index in [-0.39, 0.29) is 5.92 Å². The monoisotopic (exact) mass is 420 g/mol. The molecule has 5 nitrogen and oxygen atoms in total. The number of benzene rings is 1. The van der Waals surface area contributed by atoms with Gasteiger partial charge in [-0.2, -0.15) is 0 Å². The Kier molecular flexibility index (Phi) is 5.67. The van der Waals surface area contributed by atoms with Crippen LogP contribution in [0.5, 0.6) is 0 Å². The first-order chi connectivity index (χ1) is 14.8. The van der Waals surface area contributed by atoms with Crippen molar-refractivity contribution >= 4 is 34.0 Å². The molecule has 0 aliphatic carbocycles. The second kappa shape index (κ2) is 8.72. The van der Waals surface area contributed by atoms with Gasteiger partial charge >= 0.3 is 0 Å². The summed E-state index contributed by atoms with van der Waals surface area (Å²) in [6, 6.07) is 12.4. The fourth-order valence-electron chi connectivity index (χ4n) is 4.70. The highest BCUT2D eigenvalue weighted by Crippen LogP contribution is 2.32. The molecule has 1 amide bonds. The lowest BCUT2D eigenvalue weighted by Gasteiger charge is -2.35. The van der Waals surface area contributed by atoms with Gasteiger partial charge in [-0.3, -0.25) is 4.79 Å². The van der Waals surface area contributed by atoms with Crippen molar-refractivity contribution < 1.29 is 4.79 Å². The summed E-state index contributed by atoms with van der Waals surface area (Å²) >= 11 is 1.67. The molecule has 156 valence electrons. The summed E-state index contributed by atoms with van der Waals surface area (Å²) in [6.07, 6.45) is 6.64. The number of carbonyl (C=O) groups excluding carboxylic acids is 1. The zero-order valence-corrected chi connectivity index (χ0v) is 18.1. The summed E-state index contributed by atoms with van der Waals surface area (Å²) in [4.78, 5) is 28.4. The quantitative estimate of drug-likeness (QED) is 0.600. The van der Waals surface area contributed by atoms with Crippen molar-refractivity contribution in [2.75, 3.05) is 31.1 Å². The first-order valence-electron chi connectivity index (χ1n) is 11.1. The molecule has 0 unspecified atom stereocenters. The van der Waals surface area contributed by atoms with E-state index in [1.165, 1.54) is 12.8 Å². The van der Waals surface area contributed by atoms with Gasteiger partial charge in [0, 0.05) is 37.5 Å². The van der Waals surface area contributed by atoms with Crippen molar-refractivity contribution in [3.8, 4) is 10.7 Å². The van der Waals surface area contributed by atoms with Crippen LogP contribution in [0.1, 0.15) is 38.5 Å². The number of hydrogen-bond acceptors (Lipinski definition) is 5. The van der Waals surface area contributed by atoms with Gasteiger partial charge < -0.3 is 9.80 Å². The van der Waals surface area contributed by atoms with Crippen molar-refractivity contribution in [3.05, 3.63) is 41.8 Å². The highest BCUT2D eigenvalue weighted by Gasteiger charge is 2.30. The molecule has 2 saturated heterocycles. The summed E-state index contributed by atoms with van der Waals surface area (Å²) < 4.78 is 0. The lowest BCUT2D eigenvalue weighted by molar-refractivity contribution is -0.136. The summed E-state index contributed by atoms with van der Waals surface area (Å²) in [7, 11) is 0. The minimum Gasteiger partial charge on any atom is -0.356 e.